The van der Waals surface area contributed by atoms with Gasteiger partial charge in [0.2, 0.25) is 0 Å². The first-order valence-electron chi connectivity index (χ1n) is 6.53. The highest BCUT2D eigenvalue weighted by Crippen LogP contribution is 2.13. The number of aryl methyl sites for hydroxylation is 1. The van der Waals surface area contributed by atoms with Gasteiger partial charge in [0.1, 0.15) is 5.82 Å². The van der Waals surface area contributed by atoms with Crippen LogP contribution in [0.2, 0.25) is 0 Å². The van der Waals surface area contributed by atoms with Crippen LogP contribution in [0.5, 0.6) is 0 Å². The van der Waals surface area contributed by atoms with E-state index in [1.807, 2.05) is 20.0 Å². The molecule has 0 saturated carbocycles. The molecule has 18 heavy (non-hydrogen) atoms. The van der Waals surface area contributed by atoms with Crippen molar-refractivity contribution in [3.05, 3.63) is 23.4 Å². The quantitative estimate of drug-likeness (QED) is 0.872. The molecule has 100 valence electrons. The Morgan fingerprint density at radius 3 is 2.67 bits per heavy atom. The standard InChI is InChI=1S/C14H23N3O/c1-5-7-12-8-11(9-13(15)16-12)14(18)17(4)10(3)6-2/h8-10H,5-7H2,1-4H3,(H2,15,16). The maximum Gasteiger partial charge on any atom is 0.254 e. The maximum absolute atomic E-state index is 12.3. The Balaban J connectivity index is 2.98. The SMILES string of the molecule is CCCc1cc(C(=O)N(C)C(C)CC)cc(N)n1. The van der Waals surface area contributed by atoms with Gasteiger partial charge < -0.3 is 10.6 Å². The average molecular weight is 249 g/mol. The molecule has 4 nitrogen and oxygen atoms in total. The maximum atomic E-state index is 12.3. The topological polar surface area (TPSA) is 59.2 Å². The van der Waals surface area contributed by atoms with Crippen LogP contribution < -0.4 is 5.73 Å². The summed E-state index contributed by atoms with van der Waals surface area (Å²) in [6.07, 6.45) is 2.77. The predicted molar refractivity (Wildman–Crippen MR) is 74.5 cm³/mol. The first-order chi connectivity index (χ1) is 8.49. The molecule has 0 aliphatic heterocycles. The van der Waals surface area contributed by atoms with Crippen LogP contribution in [0.15, 0.2) is 12.1 Å². The number of aromatic nitrogens is 1. The van der Waals surface area contributed by atoms with Gasteiger partial charge in [-0.1, -0.05) is 20.3 Å². The molecule has 1 unspecified atom stereocenters. The van der Waals surface area contributed by atoms with Crippen LogP contribution in [-0.4, -0.2) is 28.9 Å². The fourth-order valence-corrected chi connectivity index (χ4v) is 1.80. The monoisotopic (exact) mass is 249 g/mol. The van der Waals surface area contributed by atoms with Crippen molar-refractivity contribution in [2.24, 2.45) is 0 Å². The molecule has 1 heterocycles. The lowest BCUT2D eigenvalue weighted by molar-refractivity contribution is 0.0740. The van der Waals surface area contributed by atoms with Crippen molar-refractivity contribution in [2.75, 3.05) is 12.8 Å². The van der Waals surface area contributed by atoms with Crippen LogP contribution in [-0.2, 0) is 6.42 Å². The highest BCUT2D eigenvalue weighted by molar-refractivity contribution is 5.95. The van der Waals surface area contributed by atoms with Gasteiger partial charge >= 0.3 is 0 Å². The van der Waals surface area contributed by atoms with Gasteiger partial charge in [-0.25, -0.2) is 4.98 Å². The van der Waals surface area contributed by atoms with E-state index >= 15 is 0 Å². The number of rotatable bonds is 5. The van der Waals surface area contributed by atoms with Crippen LogP contribution in [0.3, 0.4) is 0 Å². The fourth-order valence-electron chi connectivity index (χ4n) is 1.80. The van der Waals surface area contributed by atoms with Gasteiger partial charge in [-0.2, -0.15) is 0 Å². The number of nitrogens with zero attached hydrogens (tertiary/aromatic N) is 2. The zero-order valence-electron chi connectivity index (χ0n) is 11.7. The second kappa shape index (κ2) is 6.38. The molecule has 0 aliphatic carbocycles. The van der Waals surface area contributed by atoms with Crippen LogP contribution in [0, 0.1) is 0 Å². The average Bonchev–Trinajstić information content (AvgIpc) is 2.35. The normalized spacial score (nSPS) is 12.2. The summed E-state index contributed by atoms with van der Waals surface area (Å²) >= 11 is 0. The van der Waals surface area contributed by atoms with Crippen LogP contribution in [0.1, 0.15) is 49.7 Å². The minimum atomic E-state index is 0.0100. The number of hydrogen-bond donors (Lipinski definition) is 1. The molecular weight excluding hydrogens is 226 g/mol. The van der Waals surface area contributed by atoms with E-state index in [1.54, 1.807) is 11.0 Å². The molecule has 1 amide bonds. The van der Waals surface area contributed by atoms with Crippen LogP contribution in [0.25, 0.3) is 0 Å². The van der Waals surface area contributed by atoms with Gasteiger partial charge in [-0.05, 0) is 31.9 Å². The third-order valence-electron chi connectivity index (χ3n) is 3.22. The largest absolute Gasteiger partial charge is 0.384 e. The second-order valence-corrected chi connectivity index (χ2v) is 4.70. The molecule has 1 aromatic rings. The number of carbonyl (C=O) groups excluding carboxylic acids is 1. The number of amides is 1. The number of anilines is 1. The lowest BCUT2D eigenvalue weighted by Gasteiger charge is -2.24. The molecular formula is C14H23N3O. The third kappa shape index (κ3) is 3.45. The smallest absolute Gasteiger partial charge is 0.254 e. The summed E-state index contributed by atoms with van der Waals surface area (Å²) in [6, 6.07) is 3.73. The molecule has 0 fully saturated rings. The molecule has 4 heteroatoms. The van der Waals surface area contributed by atoms with Crippen molar-refractivity contribution in [3.63, 3.8) is 0 Å². The number of carbonyl (C=O) groups is 1. The van der Waals surface area contributed by atoms with Crippen LogP contribution >= 0.6 is 0 Å². The van der Waals surface area contributed by atoms with Gasteiger partial charge in [-0.3, -0.25) is 4.79 Å². The van der Waals surface area contributed by atoms with Crippen molar-refractivity contribution < 1.29 is 4.79 Å². The zero-order chi connectivity index (χ0) is 13.7. The third-order valence-corrected chi connectivity index (χ3v) is 3.22. The van der Waals surface area contributed by atoms with Crippen molar-refractivity contribution in [1.29, 1.82) is 0 Å². The lowest BCUT2D eigenvalue weighted by Crippen LogP contribution is -2.34. The van der Waals surface area contributed by atoms with E-state index in [0.717, 1.165) is 25.0 Å². The zero-order valence-corrected chi connectivity index (χ0v) is 11.7. The minimum Gasteiger partial charge on any atom is -0.384 e. The lowest BCUT2D eigenvalue weighted by atomic mass is 10.1. The molecule has 0 aromatic carbocycles. The highest BCUT2D eigenvalue weighted by atomic mass is 16.2. The summed E-state index contributed by atoms with van der Waals surface area (Å²) in [4.78, 5) is 18.3. The molecule has 1 aromatic heterocycles. The Morgan fingerprint density at radius 1 is 1.44 bits per heavy atom. The fraction of sp³-hybridized carbons (Fsp3) is 0.571. The van der Waals surface area contributed by atoms with Gasteiger partial charge in [0.25, 0.3) is 5.91 Å². The first-order valence-corrected chi connectivity index (χ1v) is 6.53. The molecule has 0 aliphatic rings. The number of hydrogen-bond acceptors (Lipinski definition) is 3. The molecule has 0 bridgehead atoms. The van der Waals surface area contributed by atoms with E-state index in [4.69, 9.17) is 5.73 Å². The van der Waals surface area contributed by atoms with Gasteiger partial charge in [0.05, 0.1) is 0 Å². The second-order valence-electron chi connectivity index (χ2n) is 4.70. The Kier molecular flexibility index (Phi) is 5.13. The summed E-state index contributed by atoms with van der Waals surface area (Å²) in [5, 5.41) is 0. The van der Waals surface area contributed by atoms with Gasteiger partial charge in [-0.15, -0.1) is 0 Å². The summed E-state index contributed by atoms with van der Waals surface area (Å²) < 4.78 is 0. The number of nitrogens with two attached hydrogens (primary N) is 1. The summed E-state index contributed by atoms with van der Waals surface area (Å²) in [5.41, 5.74) is 7.27. The van der Waals surface area contributed by atoms with Gasteiger partial charge in [0.15, 0.2) is 0 Å². The number of nitrogen functional groups attached to an aromatic ring is 1. The summed E-state index contributed by atoms with van der Waals surface area (Å²) in [7, 11) is 1.83. The Hall–Kier alpha value is -1.58. The predicted octanol–water partition coefficient (Wildman–Crippen LogP) is 2.49. The summed E-state index contributed by atoms with van der Waals surface area (Å²) in [5.74, 6) is 0.428. The van der Waals surface area contributed by atoms with E-state index in [-0.39, 0.29) is 11.9 Å². The van der Waals surface area contributed by atoms with Crippen molar-refractivity contribution in [3.8, 4) is 0 Å². The van der Waals surface area contributed by atoms with E-state index in [0.29, 0.717) is 11.4 Å². The van der Waals surface area contributed by atoms with Crippen molar-refractivity contribution >= 4 is 11.7 Å². The van der Waals surface area contributed by atoms with E-state index < -0.39 is 0 Å². The van der Waals surface area contributed by atoms with Crippen LogP contribution in [0.4, 0.5) is 5.82 Å². The molecule has 2 N–H and O–H groups in total. The van der Waals surface area contributed by atoms with E-state index in [1.165, 1.54) is 0 Å². The summed E-state index contributed by atoms with van der Waals surface area (Å²) in [6.45, 7) is 6.19. The Labute approximate surface area is 109 Å². The van der Waals surface area contributed by atoms with E-state index in [2.05, 4.69) is 18.8 Å². The molecule has 0 saturated heterocycles. The van der Waals surface area contributed by atoms with E-state index in [9.17, 15) is 4.79 Å². The minimum absolute atomic E-state index is 0.0100. The van der Waals surface area contributed by atoms with Crippen molar-refractivity contribution in [1.82, 2.24) is 9.88 Å². The van der Waals surface area contributed by atoms with Gasteiger partial charge in [0, 0.05) is 24.3 Å². The molecule has 1 atom stereocenters. The first kappa shape index (κ1) is 14.5. The molecule has 0 radical (unpaired) electrons. The molecule has 0 spiro atoms. The highest BCUT2D eigenvalue weighted by Gasteiger charge is 2.17. The Bertz CT molecular complexity index is 418. The Morgan fingerprint density at radius 2 is 2.11 bits per heavy atom. The number of pyridine rings is 1. The van der Waals surface area contributed by atoms with Crippen molar-refractivity contribution in [2.45, 2.75) is 46.1 Å². The molecule has 1 rings (SSSR count).